The van der Waals surface area contributed by atoms with Crippen LogP contribution < -0.4 is 19.1 Å². The molecule has 6 rings (SSSR count). The van der Waals surface area contributed by atoms with Gasteiger partial charge < -0.3 is 19.1 Å². The summed E-state index contributed by atoms with van der Waals surface area (Å²) < 4.78 is 17.5. The van der Waals surface area contributed by atoms with Crippen molar-refractivity contribution in [3.63, 3.8) is 0 Å². The van der Waals surface area contributed by atoms with Gasteiger partial charge in [0.25, 0.3) is 0 Å². The van der Waals surface area contributed by atoms with Crippen LogP contribution in [0.15, 0.2) is 60.8 Å². The Labute approximate surface area is 179 Å². The van der Waals surface area contributed by atoms with Crippen LogP contribution in [0, 0.1) is 0 Å². The summed E-state index contributed by atoms with van der Waals surface area (Å²) in [5.74, 6) is 2.00. The topological polar surface area (TPSA) is 60.9 Å². The van der Waals surface area contributed by atoms with Gasteiger partial charge in [0.1, 0.15) is 31.0 Å². The largest absolute Gasteiger partial charge is 0.491 e. The highest BCUT2D eigenvalue weighted by Crippen LogP contribution is 2.54. The van der Waals surface area contributed by atoms with E-state index in [2.05, 4.69) is 4.98 Å². The number of carbonyl (C=O) groups excluding carboxylic acids is 1. The van der Waals surface area contributed by atoms with Crippen molar-refractivity contribution in [1.29, 1.82) is 0 Å². The van der Waals surface area contributed by atoms with E-state index in [4.69, 9.17) is 14.2 Å². The molecule has 0 saturated heterocycles. The molecule has 1 atom stereocenters. The predicted octanol–water partition coefficient (Wildman–Crippen LogP) is 3.50. The third-order valence-corrected chi connectivity index (χ3v) is 5.86. The van der Waals surface area contributed by atoms with Gasteiger partial charge in [-0.15, -0.1) is 12.4 Å². The maximum Gasteiger partial charge on any atom is 0.246 e. The number of ether oxygens (including phenoxy) is 3. The van der Waals surface area contributed by atoms with E-state index in [0.717, 1.165) is 22.5 Å². The van der Waals surface area contributed by atoms with Crippen molar-refractivity contribution >= 4 is 24.0 Å². The number of hydrogen-bond acceptors (Lipinski definition) is 5. The summed E-state index contributed by atoms with van der Waals surface area (Å²) in [7, 11) is 0. The Hall–Kier alpha value is -3.25. The van der Waals surface area contributed by atoms with Crippen LogP contribution in [0.5, 0.6) is 17.2 Å². The number of benzene rings is 2. The Morgan fingerprint density at radius 3 is 2.47 bits per heavy atom. The third-order valence-electron chi connectivity index (χ3n) is 5.86. The Morgan fingerprint density at radius 2 is 1.67 bits per heavy atom. The number of anilines is 1. The van der Waals surface area contributed by atoms with E-state index in [1.54, 1.807) is 6.20 Å². The van der Waals surface area contributed by atoms with E-state index in [1.165, 1.54) is 0 Å². The number of pyridine rings is 1. The fraction of sp³-hybridized carbons (Fsp3) is 0.217. The van der Waals surface area contributed by atoms with Crippen molar-refractivity contribution in [1.82, 2.24) is 4.98 Å². The number of carbonyl (C=O) groups is 1. The monoisotopic (exact) mass is 422 g/mol. The minimum Gasteiger partial charge on any atom is -0.491 e. The van der Waals surface area contributed by atoms with E-state index in [0.29, 0.717) is 37.0 Å². The van der Waals surface area contributed by atoms with Gasteiger partial charge in [0, 0.05) is 23.5 Å². The first-order valence-electron chi connectivity index (χ1n) is 9.66. The summed E-state index contributed by atoms with van der Waals surface area (Å²) in [6, 6.07) is 17.4. The molecule has 1 aromatic heterocycles. The molecule has 0 saturated carbocycles. The van der Waals surface area contributed by atoms with Crippen LogP contribution in [-0.2, 0) is 16.8 Å². The quantitative estimate of drug-likeness (QED) is 0.632. The summed E-state index contributed by atoms with van der Waals surface area (Å²) in [4.78, 5) is 20.1. The molecule has 0 radical (unpaired) electrons. The Bertz CT molecular complexity index is 1140. The molecule has 1 unspecified atom stereocenters. The van der Waals surface area contributed by atoms with Crippen molar-refractivity contribution in [2.45, 2.75) is 12.0 Å². The lowest BCUT2D eigenvalue weighted by molar-refractivity contribution is -0.122. The van der Waals surface area contributed by atoms with Gasteiger partial charge in [-0.1, -0.05) is 24.3 Å². The van der Waals surface area contributed by atoms with Crippen LogP contribution in [0.2, 0.25) is 0 Å². The molecule has 0 N–H and O–H groups in total. The van der Waals surface area contributed by atoms with Crippen molar-refractivity contribution in [3.05, 3.63) is 77.6 Å². The lowest BCUT2D eigenvalue weighted by atomic mass is 9.77. The number of rotatable bonds is 2. The minimum atomic E-state index is -0.878. The first kappa shape index (κ1) is 18.8. The number of para-hydroxylation sites is 1. The van der Waals surface area contributed by atoms with Crippen molar-refractivity contribution in [2.24, 2.45) is 0 Å². The second-order valence-corrected chi connectivity index (χ2v) is 7.42. The number of aromatic nitrogens is 1. The van der Waals surface area contributed by atoms with Gasteiger partial charge in [-0.05, 0) is 29.8 Å². The van der Waals surface area contributed by atoms with Crippen molar-refractivity contribution in [2.75, 3.05) is 24.7 Å². The normalized spacial score (nSPS) is 20.4. The standard InChI is InChI=1S/C23H18N2O4.ClH/c26-22-23(14-29-19-12-21-20(11-17(19)23)27-9-10-28-21)16-6-1-2-7-18(16)25(22)13-15-5-3-4-8-24-15;/h1-8,11-12H,9-10,13-14H2;1H. The van der Waals surface area contributed by atoms with Gasteiger partial charge >= 0.3 is 0 Å². The van der Waals surface area contributed by atoms with Gasteiger partial charge in [0.2, 0.25) is 5.91 Å². The molecule has 3 aliphatic heterocycles. The van der Waals surface area contributed by atoms with Gasteiger partial charge in [-0.3, -0.25) is 9.78 Å². The molecule has 0 bridgehead atoms. The van der Waals surface area contributed by atoms with Crippen molar-refractivity contribution in [3.8, 4) is 17.2 Å². The number of nitrogens with zero attached hydrogens (tertiary/aromatic N) is 2. The zero-order chi connectivity index (χ0) is 19.4. The SMILES string of the molecule is Cl.O=C1N(Cc2ccccn2)c2ccccc2C12COc1cc3c(cc12)OCCO3. The van der Waals surface area contributed by atoms with Crippen LogP contribution >= 0.6 is 12.4 Å². The van der Waals surface area contributed by atoms with Crippen LogP contribution in [0.3, 0.4) is 0 Å². The Balaban J connectivity index is 0.00000193. The van der Waals surface area contributed by atoms with Crippen molar-refractivity contribution < 1.29 is 19.0 Å². The minimum absolute atomic E-state index is 0. The number of hydrogen-bond donors (Lipinski definition) is 0. The van der Waals surface area contributed by atoms with E-state index in [-0.39, 0.29) is 24.9 Å². The third kappa shape index (κ3) is 2.50. The van der Waals surface area contributed by atoms with Gasteiger partial charge in [-0.2, -0.15) is 0 Å². The van der Waals surface area contributed by atoms with Crippen LogP contribution in [0.1, 0.15) is 16.8 Å². The fourth-order valence-corrected chi connectivity index (χ4v) is 4.52. The summed E-state index contributed by atoms with van der Waals surface area (Å²) in [6.45, 7) is 1.69. The zero-order valence-electron chi connectivity index (χ0n) is 16.0. The molecule has 7 heteroatoms. The Morgan fingerprint density at radius 1 is 0.900 bits per heavy atom. The van der Waals surface area contributed by atoms with Gasteiger partial charge in [0.05, 0.1) is 12.2 Å². The lowest BCUT2D eigenvalue weighted by Gasteiger charge is -2.24. The molecule has 1 amide bonds. The molecule has 30 heavy (non-hydrogen) atoms. The molecular formula is C23H19ClN2O4. The number of fused-ring (bicyclic) bond motifs is 5. The van der Waals surface area contributed by atoms with Gasteiger partial charge in [0.15, 0.2) is 11.5 Å². The summed E-state index contributed by atoms with van der Waals surface area (Å²) in [5, 5.41) is 0. The molecule has 6 nitrogen and oxygen atoms in total. The van der Waals surface area contributed by atoms with E-state index in [9.17, 15) is 4.79 Å². The number of halogens is 1. The fourth-order valence-electron chi connectivity index (χ4n) is 4.52. The van der Waals surface area contributed by atoms with E-state index >= 15 is 0 Å². The molecule has 0 aliphatic carbocycles. The summed E-state index contributed by atoms with van der Waals surface area (Å²) in [5.41, 5.74) is 2.65. The lowest BCUT2D eigenvalue weighted by Crippen LogP contribution is -2.42. The summed E-state index contributed by atoms with van der Waals surface area (Å²) in [6.07, 6.45) is 1.75. The molecule has 3 aromatic rings. The maximum atomic E-state index is 13.9. The Kier molecular flexibility index (Phi) is 4.33. The van der Waals surface area contributed by atoms with Crippen LogP contribution in [0.4, 0.5) is 5.69 Å². The first-order chi connectivity index (χ1) is 14.3. The zero-order valence-corrected chi connectivity index (χ0v) is 16.9. The molecule has 3 aliphatic rings. The highest BCUT2D eigenvalue weighted by Gasteiger charge is 2.57. The average molecular weight is 423 g/mol. The molecule has 4 heterocycles. The highest BCUT2D eigenvalue weighted by molar-refractivity contribution is 6.11. The smallest absolute Gasteiger partial charge is 0.246 e. The van der Waals surface area contributed by atoms with Crippen LogP contribution in [0.25, 0.3) is 0 Å². The van der Waals surface area contributed by atoms with E-state index in [1.807, 2.05) is 59.5 Å². The first-order valence-corrected chi connectivity index (χ1v) is 9.66. The molecule has 1 spiro atoms. The second-order valence-electron chi connectivity index (χ2n) is 7.42. The van der Waals surface area contributed by atoms with Crippen LogP contribution in [-0.4, -0.2) is 30.7 Å². The molecule has 2 aromatic carbocycles. The number of amides is 1. The molecule has 0 fully saturated rings. The summed E-state index contributed by atoms with van der Waals surface area (Å²) >= 11 is 0. The second kappa shape index (κ2) is 6.92. The maximum absolute atomic E-state index is 13.9. The average Bonchev–Trinajstić information content (AvgIpc) is 3.25. The molecular weight excluding hydrogens is 404 g/mol. The van der Waals surface area contributed by atoms with Gasteiger partial charge in [-0.25, -0.2) is 0 Å². The molecule has 152 valence electrons. The van der Waals surface area contributed by atoms with E-state index < -0.39 is 5.41 Å². The predicted molar refractivity (Wildman–Crippen MR) is 113 cm³/mol. The highest BCUT2D eigenvalue weighted by atomic mass is 35.5.